The zero-order valence-corrected chi connectivity index (χ0v) is 18.7. The Kier molecular flexibility index (Phi) is 6.14. The molecule has 158 valence electrons. The van der Waals surface area contributed by atoms with Gasteiger partial charge in [0.05, 0.1) is 11.4 Å². The largest absolute Gasteiger partial charge is 0.324 e. The number of hydrogen-bond donors (Lipinski definition) is 1. The van der Waals surface area contributed by atoms with Crippen LogP contribution in [0.25, 0.3) is 0 Å². The first-order chi connectivity index (χ1) is 13.6. The molecule has 2 heterocycles. The summed E-state index contributed by atoms with van der Waals surface area (Å²) in [6, 6.07) is 4.05. The maximum Gasteiger partial charge on any atom is 0.246 e. The molecule has 3 rings (SSSR count). The molecule has 1 fully saturated rings. The highest BCUT2D eigenvalue weighted by molar-refractivity contribution is 7.89. The Morgan fingerprint density at radius 2 is 1.62 bits per heavy atom. The van der Waals surface area contributed by atoms with Crippen molar-refractivity contribution in [1.29, 1.82) is 0 Å². The van der Waals surface area contributed by atoms with Crippen molar-refractivity contribution in [2.24, 2.45) is 0 Å². The van der Waals surface area contributed by atoms with Crippen molar-refractivity contribution in [2.75, 3.05) is 18.4 Å². The number of hydrogen-bond acceptors (Lipinski definition) is 4. The van der Waals surface area contributed by atoms with Gasteiger partial charge in [-0.2, -0.15) is 9.40 Å². The van der Waals surface area contributed by atoms with E-state index in [0.717, 1.165) is 41.6 Å². The number of benzene rings is 1. The van der Waals surface area contributed by atoms with Crippen LogP contribution in [0.4, 0.5) is 5.69 Å². The third kappa shape index (κ3) is 4.38. The number of carbonyl (C=O) groups excluding carboxylic acids is 1. The van der Waals surface area contributed by atoms with Crippen LogP contribution in [0.5, 0.6) is 0 Å². The monoisotopic (exact) mass is 418 g/mol. The number of nitrogens with one attached hydrogen (secondary N) is 1. The van der Waals surface area contributed by atoms with E-state index in [2.05, 4.69) is 10.4 Å². The number of aromatic nitrogens is 2. The van der Waals surface area contributed by atoms with Gasteiger partial charge >= 0.3 is 0 Å². The van der Waals surface area contributed by atoms with Crippen LogP contribution in [0.3, 0.4) is 0 Å². The number of rotatable bonds is 5. The lowest BCUT2D eigenvalue weighted by Gasteiger charge is -2.26. The average molecular weight is 419 g/mol. The first-order valence-electron chi connectivity index (χ1n) is 10.0. The SMILES string of the molecule is Cc1cc(C)c(NC(=O)Cn2nc(C)c(S(=O)(=O)N3CCCCC3)c2C)c(C)c1. The third-order valence-corrected chi connectivity index (χ3v) is 7.61. The second-order valence-corrected chi connectivity index (χ2v) is 9.82. The molecule has 0 unspecified atom stereocenters. The Balaban J connectivity index is 1.83. The molecule has 1 amide bonds. The van der Waals surface area contributed by atoms with Crippen LogP contribution in [0, 0.1) is 34.6 Å². The Labute approximate surface area is 173 Å². The van der Waals surface area contributed by atoms with E-state index >= 15 is 0 Å². The molecule has 0 saturated carbocycles. The van der Waals surface area contributed by atoms with Gasteiger partial charge in [-0.1, -0.05) is 24.1 Å². The molecule has 0 atom stereocenters. The normalized spacial score (nSPS) is 15.5. The van der Waals surface area contributed by atoms with E-state index in [1.165, 1.54) is 8.99 Å². The molecule has 7 nitrogen and oxygen atoms in total. The summed E-state index contributed by atoms with van der Waals surface area (Å²) < 4.78 is 29.2. The second kappa shape index (κ2) is 8.28. The van der Waals surface area contributed by atoms with Crippen molar-refractivity contribution in [2.45, 2.75) is 65.3 Å². The quantitative estimate of drug-likeness (QED) is 0.808. The first kappa shape index (κ1) is 21.5. The smallest absolute Gasteiger partial charge is 0.246 e. The molecule has 0 bridgehead atoms. The van der Waals surface area contributed by atoms with Crippen LogP contribution in [0.2, 0.25) is 0 Å². The molecule has 8 heteroatoms. The Morgan fingerprint density at radius 1 is 1.03 bits per heavy atom. The van der Waals surface area contributed by atoms with Crippen molar-refractivity contribution in [3.8, 4) is 0 Å². The van der Waals surface area contributed by atoms with Crippen molar-refractivity contribution < 1.29 is 13.2 Å². The van der Waals surface area contributed by atoms with E-state index < -0.39 is 10.0 Å². The number of anilines is 1. The zero-order chi connectivity index (χ0) is 21.3. The molecule has 1 aliphatic heterocycles. The Morgan fingerprint density at radius 3 is 2.21 bits per heavy atom. The molecule has 1 saturated heterocycles. The number of sulfonamides is 1. The van der Waals surface area contributed by atoms with Crippen molar-refractivity contribution in [1.82, 2.24) is 14.1 Å². The fourth-order valence-corrected chi connectivity index (χ4v) is 6.02. The average Bonchev–Trinajstić information content (AvgIpc) is 2.92. The van der Waals surface area contributed by atoms with Gasteiger partial charge in [-0.3, -0.25) is 9.48 Å². The third-order valence-electron chi connectivity index (χ3n) is 5.46. The van der Waals surface area contributed by atoms with Gasteiger partial charge in [0.2, 0.25) is 15.9 Å². The number of carbonyl (C=O) groups is 1. The predicted octanol–water partition coefficient (Wildman–Crippen LogP) is 3.24. The van der Waals surface area contributed by atoms with E-state index in [9.17, 15) is 13.2 Å². The van der Waals surface area contributed by atoms with Crippen molar-refractivity contribution >= 4 is 21.6 Å². The Bertz CT molecular complexity index is 1010. The topological polar surface area (TPSA) is 84.3 Å². The highest BCUT2D eigenvalue weighted by atomic mass is 32.2. The van der Waals surface area contributed by atoms with Gasteiger partial charge in [-0.15, -0.1) is 0 Å². The van der Waals surface area contributed by atoms with Gasteiger partial charge in [-0.25, -0.2) is 8.42 Å². The van der Waals surface area contributed by atoms with Crippen molar-refractivity contribution in [3.05, 3.63) is 40.2 Å². The molecular formula is C21H30N4O3S. The van der Waals surface area contributed by atoms with Crippen LogP contribution in [-0.2, 0) is 21.4 Å². The zero-order valence-electron chi connectivity index (χ0n) is 17.9. The molecule has 1 N–H and O–H groups in total. The van der Waals surface area contributed by atoms with E-state index in [-0.39, 0.29) is 17.3 Å². The van der Waals surface area contributed by atoms with Crippen LogP contribution < -0.4 is 5.32 Å². The highest BCUT2D eigenvalue weighted by Gasteiger charge is 2.32. The lowest BCUT2D eigenvalue weighted by molar-refractivity contribution is -0.117. The fourth-order valence-electron chi connectivity index (χ4n) is 4.13. The Hall–Kier alpha value is -2.19. The van der Waals surface area contributed by atoms with Gasteiger partial charge < -0.3 is 5.32 Å². The standard InChI is InChI=1S/C21H30N4O3S/c1-14-11-15(2)20(16(3)12-14)22-19(26)13-25-18(5)21(17(4)23-25)29(27,28)24-9-7-6-8-10-24/h11-12H,6-10,13H2,1-5H3,(H,22,26). The molecule has 2 aromatic rings. The number of amides is 1. The summed E-state index contributed by atoms with van der Waals surface area (Å²) >= 11 is 0. The maximum absolute atomic E-state index is 13.1. The minimum Gasteiger partial charge on any atom is -0.324 e. The summed E-state index contributed by atoms with van der Waals surface area (Å²) in [6.07, 6.45) is 2.81. The lowest BCUT2D eigenvalue weighted by Crippen LogP contribution is -2.36. The summed E-state index contributed by atoms with van der Waals surface area (Å²) in [4.78, 5) is 12.9. The number of piperidine rings is 1. The lowest BCUT2D eigenvalue weighted by atomic mass is 10.1. The van der Waals surface area contributed by atoms with Crippen LogP contribution in [-0.4, -0.2) is 41.5 Å². The molecule has 0 aliphatic carbocycles. The summed E-state index contributed by atoms with van der Waals surface area (Å²) in [6.45, 7) is 10.4. The van der Waals surface area contributed by atoms with E-state index in [1.807, 2.05) is 32.9 Å². The van der Waals surface area contributed by atoms with E-state index in [4.69, 9.17) is 0 Å². The van der Waals surface area contributed by atoms with Gasteiger partial charge in [0, 0.05) is 18.8 Å². The number of nitrogens with zero attached hydrogens (tertiary/aromatic N) is 3. The fraction of sp³-hybridized carbons (Fsp3) is 0.524. The molecular weight excluding hydrogens is 388 g/mol. The minimum atomic E-state index is -3.60. The van der Waals surface area contributed by atoms with Crippen LogP contribution in [0.15, 0.2) is 17.0 Å². The first-order valence-corrected chi connectivity index (χ1v) is 11.5. The molecule has 1 aromatic carbocycles. The van der Waals surface area contributed by atoms with E-state index in [1.54, 1.807) is 13.8 Å². The van der Waals surface area contributed by atoms with E-state index in [0.29, 0.717) is 24.5 Å². The van der Waals surface area contributed by atoms with Crippen molar-refractivity contribution in [3.63, 3.8) is 0 Å². The highest BCUT2D eigenvalue weighted by Crippen LogP contribution is 2.26. The van der Waals surface area contributed by atoms with Gasteiger partial charge in [0.15, 0.2) is 0 Å². The second-order valence-electron chi connectivity index (χ2n) is 7.94. The van der Waals surface area contributed by atoms with Gasteiger partial charge in [-0.05, 0) is 58.6 Å². The summed E-state index contributed by atoms with van der Waals surface area (Å²) in [5.41, 5.74) is 4.87. The molecule has 1 aromatic heterocycles. The number of aryl methyl sites for hydroxylation is 4. The predicted molar refractivity (Wildman–Crippen MR) is 114 cm³/mol. The van der Waals surface area contributed by atoms with Gasteiger partial charge in [0.1, 0.15) is 11.4 Å². The maximum atomic E-state index is 13.1. The molecule has 0 radical (unpaired) electrons. The van der Waals surface area contributed by atoms with Crippen LogP contribution >= 0.6 is 0 Å². The summed E-state index contributed by atoms with van der Waals surface area (Å²) in [5.74, 6) is -0.229. The molecule has 0 spiro atoms. The summed E-state index contributed by atoms with van der Waals surface area (Å²) in [7, 11) is -3.60. The molecule has 29 heavy (non-hydrogen) atoms. The van der Waals surface area contributed by atoms with Crippen LogP contribution in [0.1, 0.15) is 47.3 Å². The summed E-state index contributed by atoms with van der Waals surface area (Å²) in [5, 5.41) is 7.31. The van der Waals surface area contributed by atoms with Gasteiger partial charge in [0.25, 0.3) is 0 Å². The minimum absolute atomic E-state index is 0.0328. The molecule has 1 aliphatic rings.